The maximum Gasteiger partial charge on any atom is 0.310 e. The Morgan fingerprint density at radius 2 is 1.23 bits per heavy atom. The Kier molecular flexibility index (Phi) is 12.6. The highest BCUT2D eigenvalue weighted by Gasteiger charge is 2.39. The third-order valence-electron chi connectivity index (χ3n) is 7.28. The van der Waals surface area contributed by atoms with Gasteiger partial charge in [-0.3, -0.25) is 9.59 Å². The van der Waals surface area contributed by atoms with Crippen LogP contribution in [0, 0.1) is 23.7 Å². The zero-order valence-electron chi connectivity index (χ0n) is 20.5. The van der Waals surface area contributed by atoms with Crippen LogP contribution in [0.2, 0.25) is 0 Å². The first kappa shape index (κ1) is 26.2. The Balaban J connectivity index is 1.66. The quantitative estimate of drug-likeness (QED) is 0.226. The van der Waals surface area contributed by atoms with E-state index in [-0.39, 0.29) is 29.9 Å². The third-order valence-corrected chi connectivity index (χ3v) is 7.28. The molecular weight excluding hydrogens is 388 g/mol. The lowest BCUT2D eigenvalue weighted by molar-refractivity contribution is -0.168. The Morgan fingerprint density at radius 3 is 1.81 bits per heavy atom. The summed E-state index contributed by atoms with van der Waals surface area (Å²) in [6, 6.07) is 0. The Morgan fingerprint density at radius 1 is 0.710 bits per heavy atom. The lowest BCUT2D eigenvalue weighted by atomic mass is 9.78. The van der Waals surface area contributed by atoms with Gasteiger partial charge in [-0.1, -0.05) is 85.0 Å². The van der Waals surface area contributed by atoms with Crippen LogP contribution in [0.3, 0.4) is 0 Å². The van der Waals surface area contributed by atoms with Crippen molar-refractivity contribution >= 4 is 11.9 Å². The molecule has 2 rings (SSSR count). The first-order chi connectivity index (χ1) is 15.0. The number of carbonyl (C=O) groups is 2. The molecule has 4 heteroatoms. The molecule has 31 heavy (non-hydrogen) atoms. The van der Waals surface area contributed by atoms with Gasteiger partial charge in [0.25, 0.3) is 0 Å². The maximum absolute atomic E-state index is 12.9. The van der Waals surface area contributed by atoms with Gasteiger partial charge in [-0.05, 0) is 50.4 Å². The van der Waals surface area contributed by atoms with Crippen molar-refractivity contribution in [3.05, 3.63) is 0 Å². The molecular formula is C27H48O4. The minimum atomic E-state index is -0.308. The second-order valence-electron chi connectivity index (χ2n) is 10.5. The molecule has 0 bridgehead atoms. The van der Waals surface area contributed by atoms with Crippen molar-refractivity contribution in [1.82, 2.24) is 0 Å². The van der Waals surface area contributed by atoms with Gasteiger partial charge in [0.05, 0.1) is 18.4 Å². The SMILES string of the molecule is CCCCCCCCCCCOC(=O)C1CCCCC1C(=O)OC1CC(C)CC(C)C1. The van der Waals surface area contributed by atoms with Gasteiger partial charge in [-0.25, -0.2) is 0 Å². The molecule has 2 saturated carbocycles. The fraction of sp³-hybridized carbons (Fsp3) is 0.926. The number of esters is 2. The molecule has 2 aliphatic carbocycles. The van der Waals surface area contributed by atoms with Crippen molar-refractivity contribution < 1.29 is 19.1 Å². The standard InChI is InChI=1S/C27H48O4/c1-4-5-6-7-8-9-10-11-14-17-30-26(28)24-15-12-13-16-25(24)27(29)31-23-19-21(2)18-22(3)20-23/h21-25H,4-20H2,1-3H3. The summed E-state index contributed by atoms with van der Waals surface area (Å²) in [6.45, 7) is 7.22. The molecule has 0 amide bonds. The molecule has 2 fully saturated rings. The lowest BCUT2D eigenvalue weighted by Gasteiger charge is -2.34. The van der Waals surface area contributed by atoms with Crippen LogP contribution in [0.5, 0.6) is 0 Å². The number of hydrogen-bond acceptors (Lipinski definition) is 4. The molecule has 4 nitrogen and oxygen atoms in total. The molecule has 0 saturated heterocycles. The Bertz CT molecular complexity index is 507. The number of rotatable bonds is 13. The van der Waals surface area contributed by atoms with Gasteiger partial charge in [0.15, 0.2) is 0 Å². The molecule has 180 valence electrons. The average Bonchev–Trinajstić information content (AvgIpc) is 2.74. The molecule has 0 radical (unpaired) electrons. The van der Waals surface area contributed by atoms with Gasteiger partial charge in [-0.15, -0.1) is 0 Å². The van der Waals surface area contributed by atoms with Crippen molar-refractivity contribution in [2.45, 2.75) is 130 Å². The van der Waals surface area contributed by atoms with Gasteiger partial charge >= 0.3 is 11.9 Å². The van der Waals surface area contributed by atoms with E-state index in [0.717, 1.165) is 51.4 Å². The molecule has 0 spiro atoms. The molecule has 0 aromatic carbocycles. The van der Waals surface area contributed by atoms with Crippen LogP contribution in [0.15, 0.2) is 0 Å². The molecule has 4 unspecified atom stereocenters. The van der Waals surface area contributed by atoms with Crippen LogP contribution in [-0.4, -0.2) is 24.6 Å². The first-order valence-corrected chi connectivity index (χ1v) is 13.4. The monoisotopic (exact) mass is 436 g/mol. The van der Waals surface area contributed by atoms with Crippen molar-refractivity contribution in [3.8, 4) is 0 Å². The normalized spacial score (nSPS) is 28.8. The minimum Gasteiger partial charge on any atom is -0.465 e. The number of hydrogen-bond donors (Lipinski definition) is 0. The van der Waals surface area contributed by atoms with Crippen LogP contribution in [0.25, 0.3) is 0 Å². The highest BCUT2D eigenvalue weighted by atomic mass is 16.5. The molecule has 4 atom stereocenters. The first-order valence-electron chi connectivity index (χ1n) is 13.4. The summed E-state index contributed by atoms with van der Waals surface area (Å²) in [6.07, 6.45) is 17.9. The Hall–Kier alpha value is -1.06. The van der Waals surface area contributed by atoms with Gasteiger partial charge in [-0.2, -0.15) is 0 Å². The second kappa shape index (κ2) is 14.9. The van der Waals surface area contributed by atoms with E-state index in [0.29, 0.717) is 18.4 Å². The summed E-state index contributed by atoms with van der Waals surface area (Å²) in [5.41, 5.74) is 0. The minimum absolute atomic E-state index is 0.0202. The summed E-state index contributed by atoms with van der Waals surface area (Å²) in [5, 5.41) is 0. The van der Waals surface area contributed by atoms with E-state index in [1.54, 1.807) is 0 Å². The number of unbranched alkanes of at least 4 members (excludes halogenated alkanes) is 8. The number of carbonyl (C=O) groups excluding carboxylic acids is 2. The summed E-state index contributed by atoms with van der Waals surface area (Å²) >= 11 is 0. The largest absolute Gasteiger partial charge is 0.465 e. The fourth-order valence-electron chi connectivity index (χ4n) is 5.61. The van der Waals surface area contributed by atoms with E-state index in [4.69, 9.17) is 9.47 Å². The van der Waals surface area contributed by atoms with E-state index in [1.807, 2.05) is 0 Å². The summed E-state index contributed by atoms with van der Waals surface area (Å²) in [4.78, 5) is 25.6. The van der Waals surface area contributed by atoms with Gasteiger partial charge in [0, 0.05) is 0 Å². The molecule has 0 aromatic rings. The second-order valence-corrected chi connectivity index (χ2v) is 10.5. The zero-order chi connectivity index (χ0) is 22.5. The maximum atomic E-state index is 12.9. The fourth-order valence-corrected chi connectivity index (χ4v) is 5.61. The number of ether oxygens (including phenoxy) is 2. The van der Waals surface area contributed by atoms with Crippen LogP contribution >= 0.6 is 0 Å². The van der Waals surface area contributed by atoms with Gasteiger partial charge in [0.1, 0.15) is 6.10 Å². The molecule has 2 aliphatic rings. The van der Waals surface area contributed by atoms with E-state index in [2.05, 4.69) is 20.8 Å². The van der Waals surface area contributed by atoms with Crippen LogP contribution in [0.1, 0.15) is 124 Å². The third kappa shape index (κ3) is 9.95. The highest BCUT2D eigenvalue weighted by molar-refractivity contribution is 5.82. The van der Waals surface area contributed by atoms with Crippen molar-refractivity contribution in [2.24, 2.45) is 23.7 Å². The van der Waals surface area contributed by atoms with Crippen LogP contribution in [-0.2, 0) is 19.1 Å². The predicted octanol–water partition coefficient (Wildman–Crippen LogP) is 7.23. The Labute approximate surface area is 191 Å². The molecule has 0 aromatic heterocycles. The van der Waals surface area contributed by atoms with Crippen molar-refractivity contribution in [2.75, 3.05) is 6.61 Å². The van der Waals surface area contributed by atoms with E-state index in [9.17, 15) is 9.59 Å². The zero-order valence-corrected chi connectivity index (χ0v) is 20.5. The summed E-state index contributed by atoms with van der Waals surface area (Å²) in [5.74, 6) is 0.257. The van der Waals surface area contributed by atoms with E-state index < -0.39 is 0 Å². The van der Waals surface area contributed by atoms with E-state index in [1.165, 1.54) is 51.4 Å². The van der Waals surface area contributed by atoms with E-state index >= 15 is 0 Å². The van der Waals surface area contributed by atoms with Gasteiger partial charge in [0.2, 0.25) is 0 Å². The highest BCUT2D eigenvalue weighted by Crippen LogP contribution is 2.35. The molecule has 0 aliphatic heterocycles. The lowest BCUT2D eigenvalue weighted by Crippen LogP contribution is -2.38. The van der Waals surface area contributed by atoms with Crippen LogP contribution in [0.4, 0.5) is 0 Å². The predicted molar refractivity (Wildman–Crippen MR) is 126 cm³/mol. The van der Waals surface area contributed by atoms with Crippen LogP contribution < -0.4 is 0 Å². The summed E-state index contributed by atoms with van der Waals surface area (Å²) in [7, 11) is 0. The van der Waals surface area contributed by atoms with Crippen molar-refractivity contribution in [3.63, 3.8) is 0 Å². The molecule has 0 N–H and O–H groups in total. The molecule has 0 heterocycles. The van der Waals surface area contributed by atoms with Crippen molar-refractivity contribution in [1.29, 1.82) is 0 Å². The topological polar surface area (TPSA) is 52.6 Å². The summed E-state index contributed by atoms with van der Waals surface area (Å²) < 4.78 is 11.5. The average molecular weight is 437 g/mol. The smallest absolute Gasteiger partial charge is 0.310 e. The van der Waals surface area contributed by atoms with Gasteiger partial charge < -0.3 is 9.47 Å².